The summed E-state index contributed by atoms with van der Waals surface area (Å²) in [4.78, 5) is 8.06. The topological polar surface area (TPSA) is 28.7 Å². The van der Waals surface area contributed by atoms with Crippen molar-refractivity contribution in [2.24, 2.45) is 0 Å². The van der Waals surface area contributed by atoms with Crippen LogP contribution in [0, 0.1) is 13.8 Å². The molecule has 0 saturated carbocycles. The summed E-state index contributed by atoms with van der Waals surface area (Å²) in [5.41, 5.74) is 5.67. The minimum atomic E-state index is 0.926. The molecule has 0 bridgehead atoms. The molecule has 3 rings (SSSR count). The van der Waals surface area contributed by atoms with E-state index >= 15 is 0 Å². The van der Waals surface area contributed by atoms with E-state index in [2.05, 4.69) is 70.1 Å². The van der Waals surface area contributed by atoms with Crippen LogP contribution in [-0.2, 0) is 0 Å². The van der Waals surface area contributed by atoms with Crippen molar-refractivity contribution in [3.05, 3.63) is 52.0 Å². The fraction of sp³-hybridized carbons (Fsp3) is 0.133. The number of hydrogen-bond acceptors (Lipinski definition) is 1. The summed E-state index contributed by atoms with van der Waals surface area (Å²) in [6.07, 6.45) is 0. The first-order valence-electron chi connectivity index (χ1n) is 5.87. The van der Waals surface area contributed by atoms with Gasteiger partial charge in [-0.2, -0.15) is 0 Å². The van der Waals surface area contributed by atoms with Gasteiger partial charge in [-0.05, 0) is 43.2 Å². The summed E-state index contributed by atoms with van der Waals surface area (Å²) < 4.78 is 1.12. The van der Waals surface area contributed by atoms with Gasteiger partial charge in [-0.25, -0.2) is 4.98 Å². The Kier molecular flexibility index (Phi) is 2.71. The van der Waals surface area contributed by atoms with Gasteiger partial charge >= 0.3 is 0 Å². The molecule has 0 aliphatic rings. The lowest BCUT2D eigenvalue weighted by atomic mass is 10.1. The smallest absolute Gasteiger partial charge is 0.138 e. The second-order valence-electron chi connectivity index (χ2n) is 4.52. The van der Waals surface area contributed by atoms with E-state index in [1.54, 1.807) is 0 Å². The molecular formula is C15H13BrN2. The van der Waals surface area contributed by atoms with Gasteiger partial charge in [0.05, 0.1) is 11.0 Å². The van der Waals surface area contributed by atoms with E-state index in [0.717, 1.165) is 26.9 Å². The second kappa shape index (κ2) is 4.25. The fourth-order valence-electron chi connectivity index (χ4n) is 2.10. The zero-order valence-electron chi connectivity index (χ0n) is 10.3. The lowest BCUT2D eigenvalue weighted by Gasteiger charge is -2.00. The molecule has 0 spiro atoms. The fourth-order valence-corrected chi connectivity index (χ4v) is 2.35. The number of para-hydroxylation sites is 1. The third-order valence-electron chi connectivity index (χ3n) is 3.15. The maximum absolute atomic E-state index is 4.68. The van der Waals surface area contributed by atoms with Crippen molar-refractivity contribution < 1.29 is 0 Å². The van der Waals surface area contributed by atoms with E-state index in [-0.39, 0.29) is 0 Å². The number of aromatic nitrogens is 2. The largest absolute Gasteiger partial charge is 0.338 e. The molecule has 0 amide bonds. The second-order valence-corrected chi connectivity index (χ2v) is 5.37. The van der Waals surface area contributed by atoms with Crippen LogP contribution in [0.5, 0.6) is 0 Å². The molecule has 0 aliphatic heterocycles. The average Bonchev–Trinajstić information content (AvgIpc) is 2.78. The summed E-state index contributed by atoms with van der Waals surface area (Å²) >= 11 is 3.52. The highest BCUT2D eigenvalue weighted by atomic mass is 79.9. The third-order valence-corrected chi connectivity index (χ3v) is 4.04. The Morgan fingerprint density at radius 2 is 1.89 bits per heavy atom. The van der Waals surface area contributed by atoms with Crippen molar-refractivity contribution in [1.29, 1.82) is 0 Å². The van der Waals surface area contributed by atoms with Gasteiger partial charge < -0.3 is 4.98 Å². The lowest BCUT2D eigenvalue weighted by Crippen LogP contribution is -1.83. The van der Waals surface area contributed by atoms with Crippen LogP contribution in [0.25, 0.3) is 22.4 Å². The van der Waals surface area contributed by atoms with Crippen molar-refractivity contribution in [3.8, 4) is 11.4 Å². The predicted molar refractivity (Wildman–Crippen MR) is 78.7 cm³/mol. The van der Waals surface area contributed by atoms with E-state index < -0.39 is 0 Å². The standard InChI is InChI=1S/C15H13BrN2/c1-9-4-3-5-13-14(9)18-15(17-13)11-6-7-12(16)10(2)8-11/h3-8H,1-2H3,(H,17,18). The maximum atomic E-state index is 4.68. The van der Waals surface area contributed by atoms with Crippen LogP contribution in [0.15, 0.2) is 40.9 Å². The molecule has 0 aliphatic carbocycles. The highest BCUT2D eigenvalue weighted by Crippen LogP contribution is 2.25. The Bertz CT molecular complexity index is 728. The molecular weight excluding hydrogens is 288 g/mol. The highest BCUT2D eigenvalue weighted by molar-refractivity contribution is 9.10. The first-order chi connectivity index (χ1) is 8.65. The summed E-state index contributed by atoms with van der Waals surface area (Å²) in [6.45, 7) is 4.17. The molecule has 1 N–H and O–H groups in total. The number of aryl methyl sites for hydroxylation is 2. The molecule has 2 nitrogen and oxygen atoms in total. The van der Waals surface area contributed by atoms with Crippen LogP contribution in [0.3, 0.4) is 0 Å². The molecule has 90 valence electrons. The third kappa shape index (κ3) is 1.85. The lowest BCUT2D eigenvalue weighted by molar-refractivity contribution is 1.31. The van der Waals surface area contributed by atoms with Crippen molar-refractivity contribution in [2.75, 3.05) is 0 Å². The van der Waals surface area contributed by atoms with Gasteiger partial charge in [0.1, 0.15) is 5.82 Å². The van der Waals surface area contributed by atoms with Gasteiger partial charge in [0.2, 0.25) is 0 Å². The van der Waals surface area contributed by atoms with E-state index in [1.165, 1.54) is 11.1 Å². The maximum Gasteiger partial charge on any atom is 0.138 e. The molecule has 3 aromatic rings. The average molecular weight is 301 g/mol. The summed E-state index contributed by atoms with van der Waals surface area (Å²) in [6, 6.07) is 12.5. The molecule has 18 heavy (non-hydrogen) atoms. The van der Waals surface area contributed by atoms with Crippen LogP contribution in [-0.4, -0.2) is 9.97 Å². The molecule has 0 fully saturated rings. The molecule has 0 radical (unpaired) electrons. The molecule has 0 unspecified atom stereocenters. The highest BCUT2D eigenvalue weighted by Gasteiger charge is 2.07. The quantitative estimate of drug-likeness (QED) is 0.698. The minimum Gasteiger partial charge on any atom is -0.338 e. The Morgan fingerprint density at radius 1 is 1.06 bits per heavy atom. The number of halogens is 1. The number of hydrogen-bond donors (Lipinski definition) is 1. The Hall–Kier alpha value is -1.61. The van der Waals surface area contributed by atoms with Crippen LogP contribution in [0.1, 0.15) is 11.1 Å². The summed E-state index contributed by atoms with van der Waals surface area (Å²) in [5, 5.41) is 0. The number of H-pyrrole nitrogens is 1. The number of benzene rings is 2. The number of nitrogens with zero attached hydrogens (tertiary/aromatic N) is 1. The Morgan fingerprint density at radius 3 is 2.61 bits per heavy atom. The van der Waals surface area contributed by atoms with Crippen molar-refractivity contribution in [3.63, 3.8) is 0 Å². The number of aromatic amines is 1. The number of nitrogens with one attached hydrogen (secondary N) is 1. The number of rotatable bonds is 1. The molecule has 0 atom stereocenters. The zero-order valence-corrected chi connectivity index (χ0v) is 11.9. The normalized spacial score (nSPS) is 11.1. The SMILES string of the molecule is Cc1cc(-c2nc3c(C)cccc3[nH]2)ccc1Br. The van der Waals surface area contributed by atoms with Gasteiger partial charge in [-0.1, -0.05) is 34.1 Å². The van der Waals surface area contributed by atoms with Gasteiger partial charge in [0.25, 0.3) is 0 Å². The number of imidazole rings is 1. The van der Waals surface area contributed by atoms with E-state index in [1.807, 2.05) is 6.07 Å². The first kappa shape index (κ1) is 11.5. The molecule has 3 heteroatoms. The molecule has 0 saturated heterocycles. The summed E-state index contributed by atoms with van der Waals surface area (Å²) in [7, 11) is 0. The van der Waals surface area contributed by atoms with Gasteiger partial charge in [-0.3, -0.25) is 0 Å². The molecule has 2 aromatic carbocycles. The van der Waals surface area contributed by atoms with Crippen LogP contribution in [0.4, 0.5) is 0 Å². The summed E-state index contributed by atoms with van der Waals surface area (Å²) in [5.74, 6) is 0.926. The van der Waals surface area contributed by atoms with Gasteiger partial charge in [-0.15, -0.1) is 0 Å². The van der Waals surface area contributed by atoms with Crippen molar-refractivity contribution in [2.45, 2.75) is 13.8 Å². The molecule has 1 aromatic heterocycles. The monoisotopic (exact) mass is 300 g/mol. The van der Waals surface area contributed by atoms with E-state index in [9.17, 15) is 0 Å². The van der Waals surface area contributed by atoms with Crippen LogP contribution in [0.2, 0.25) is 0 Å². The zero-order chi connectivity index (χ0) is 12.7. The van der Waals surface area contributed by atoms with E-state index in [4.69, 9.17) is 0 Å². The minimum absolute atomic E-state index is 0.926. The van der Waals surface area contributed by atoms with Crippen LogP contribution < -0.4 is 0 Å². The predicted octanol–water partition coefficient (Wildman–Crippen LogP) is 4.61. The molecule has 1 heterocycles. The Balaban J connectivity index is 2.19. The van der Waals surface area contributed by atoms with Gasteiger partial charge in [0.15, 0.2) is 0 Å². The van der Waals surface area contributed by atoms with Crippen molar-refractivity contribution in [1.82, 2.24) is 9.97 Å². The van der Waals surface area contributed by atoms with Gasteiger partial charge in [0, 0.05) is 10.0 Å². The van der Waals surface area contributed by atoms with Crippen LogP contribution >= 0.6 is 15.9 Å². The first-order valence-corrected chi connectivity index (χ1v) is 6.66. The van der Waals surface area contributed by atoms with E-state index in [0.29, 0.717) is 0 Å². The van der Waals surface area contributed by atoms with Crippen molar-refractivity contribution >= 4 is 27.0 Å². The number of fused-ring (bicyclic) bond motifs is 1. The Labute approximate surface area is 114 Å².